The number of nitrogens with one attached hydrogen (secondary N) is 1. The molecule has 0 saturated carbocycles. The van der Waals surface area contributed by atoms with Crippen molar-refractivity contribution in [2.45, 2.75) is 19.7 Å². The first-order chi connectivity index (χ1) is 15.1. The summed E-state index contributed by atoms with van der Waals surface area (Å²) in [6.45, 7) is 5.46. The van der Waals surface area contributed by atoms with Gasteiger partial charge in [-0.1, -0.05) is 18.1 Å². The lowest BCUT2D eigenvalue weighted by molar-refractivity contribution is -0.00166. The van der Waals surface area contributed by atoms with E-state index in [0.717, 1.165) is 32.1 Å². The van der Waals surface area contributed by atoms with Gasteiger partial charge < -0.3 is 20.1 Å². The Morgan fingerprint density at radius 3 is 2.84 bits per heavy atom. The molecule has 1 aromatic heterocycles. The number of aromatic nitrogens is 2. The first-order valence-corrected chi connectivity index (χ1v) is 10.2. The van der Waals surface area contributed by atoms with Crippen LogP contribution in [0.25, 0.3) is 0 Å². The zero-order valence-corrected chi connectivity index (χ0v) is 17.7. The number of piperazine rings is 1. The molecule has 1 aromatic carbocycles. The lowest BCUT2D eigenvalue weighted by atomic mass is 10.1. The lowest BCUT2D eigenvalue weighted by Gasteiger charge is -2.30. The van der Waals surface area contributed by atoms with E-state index in [4.69, 9.17) is 9.72 Å². The number of hydrogen-bond donors (Lipinski definition) is 2. The smallest absolute Gasteiger partial charge is 0.207 e. The van der Waals surface area contributed by atoms with Crippen molar-refractivity contribution in [2.75, 3.05) is 44.7 Å². The van der Waals surface area contributed by atoms with Crippen molar-refractivity contribution >= 4 is 17.9 Å². The van der Waals surface area contributed by atoms with Gasteiger partial charge in [-0.05, 0) is 19.1 Å². The number of fused-ring (bicyclic) bond motifs is 1. The second-order valence-electron chi connectivity index (χ2n) is 7.27. The van der Waals surface area contributed by atoms with E-state index in [-0.39, 0.29) is 12.3 Å². The van der Waals surface area contributed by atoms with Gasteiger partial charge in [0.15, 0.2) is 12.0 Å². The standard InChI is InChI=1S/C22H26N6O3/c1-3-4-11-27-20-17(25-22(27)26-12-9-23-10-13-26)14-24-28(21(20)30)15-18(29)16-7-5-6-8-19(16)31-2/h5-8,14,21,23,30H,9-13,15H2,1-2H3. The molecule has 2 aromatic rings. The Bertz CT molecular complexity index is 1050. The minimum atomic E-state index is -1.11. The Morgan fingerprint density at radius 1 is 1.32 bits per heavy atom. The molecule has 0 spiro atoms. The average molecular weight is 422 g/mol. The molecule has 0 amide bonds. The number of nitrogens with zero attached hydrogens (tertiary/aromatic N) is 5. The molecule has 162 valence electrons. The first kappa shape index (κ1) is 20.9. The van der Waals surface area contributed by atoms with Crippen LogP contribution in [0.15, 0.2) is 29.4 Å². The monoisotopic (exact) mass is 422 g/mol. The van der Waals surface area contributed by atoms with Crippen molar-refractivity contribution in [2.24, 2.45) is 5.10 Å². The van der Waals surface area contributed by atoms with E-state index in [2.05, 4.69) is 27.2 Å². The molecule has 1 atom stereocenters. The third-order valence-electron chi connectivity index (χ3n) is 5.40. The summed E-state index contributed by atoms with van der Waals surface area (Å²) in [6.07, 6.45) is 0.487. The number of methoxy groups -OCH3 is 1. The van der Waals surface area contributed by atoms with Crippen LogP contribution in [0.1, 0.15) is 34.9 Å². The number of imidazole rings is 1. The molecule has 3 heterocycles. The molecular weight excluding hydrogens is 396 g/mol. The van der Waals surface area contributed by atoms with E-state index >= 15 is 0 Å². The summed E-state index contributed by atoms with van der Waals surface area (Å²) < 4.78 is 7.22. The lowest BCUT2D eigenvalue weighted by Crippen LogP contribution is -2.44. The van der Waals surface area contributed by atoms with Gasteiger partial charge in [-0.25, -0.2) is 4.98 Å². The average Bonchev–Trinajstić information content (AvgIpc) is 3.19. The third-order valence-corrected chi connectivity index (χ3v) is 5.40. The number of ketones is 1. The molecule has 2 aliphatic heterocycles. The summed E-state index contributed by atoms with van der Waals surface area (Å²) in [7, 11) is 1.53. The van der Waals surface area contributed by atoms with E-state index in [1.807, 2.05) is 4.57 Å². The van der Waals surface area contributed by atoms with Crippen LogP contribution in [-0.2, 0) is 6.54 Å². The van der Waals surface area contributed by atoms with Crippen LogP contribution in [0.5, 0.6) is 5.75 Å². The number of Topliss-reactive ketones (excluding diaryl/α,β-unsaturated/α-hetero) is 1. The van der Waals surface area contributed by atoms with Crippen LogP contribution in [0.2, 0.25) is 0 Å². The molecule has 0 aliphatic carbocycles. The Hall–Kier alpha value is -3.35. The van der Waals surface area contributed by atoms with Crippen LogP contribution in [0.4, 0.5) is 5.95 Å². The second-order valence-corrected chi connectivity index (χ2v) is 7.27. The summed E-state index contributed by atoms with van der Waals surface area (Å²) >= 11 is 0. The summed E-state index contributed by atoms with van der Waals surface area (Å²) in [5.74, 6) is 7.04. The fourth-order valence-corrected chi connectivity index (χ4v) is 3.83. The van der Waals surface area contributed by atoms with Gasteiger partial charge in [-0.3, -0.25) is 14.4 Å². The number of aliphatic hydroxyl groups excluding tert-OH is 1. The number of rotatable bonds is 6. The van der Waals surface area contributed by atoms with Gasteiger partial charge in [-0.2, -0.15) is 5.10 Å². The number of hydrazone groups is 1. The molecule has 31 heavy (non-hydrogen) atoms. The number of ether oxygens (including phenoxy) is 1. The molecule has 9 heteroatoms. The zero-order chi connectivity index (χ0) is 21.8. The van der Waals surface area contributed by atoms with E-state index in [9.17, 15) is 9.90 Å². The number of para-hydroxylation sites is 1. The van der Waals surface area contributed by atoms with Gasteiger partial charge in [0.1, 0.15) is 23.7 Å². The predicted molar refractivity (Wildman–Crippen MR) is 117 cm³/mol. The molecular formula is C22H26N6O3. The van der Waals surface area contributed by atoms with Crippen LogP contribution in [-0.4, -0.2) is 71.5 Å². The second kappa shape index (κ2) is 9.20. The van der Waals surface area contributed by atoms with Crippen LogP contribution >= 0.6 is 0 Å². The molecule has 1 unspecified atom stereocenters. The molecule has 0 bridgehead atoms. The third kappa shape index (κ3) is 4.13. The Labute approximate surface area is 181 Å². The van der Waals surface area contributed by atoms with Gasteiger partial charge in [0.05, 0.1) is 25.4 Å². The van der Waals surface area contributed by atoms with Crippen molar-refractivity contribution in [1.82, 2.24) is 19.9 Å². The van der Waals surface area contributed by atoms with Crippen LogP contribution in [0, 0.1) is 11.8 Å². The van der Waals surface area contributed by atoms with Gasteiger partial charge >= 0.3 is 0 Å². The normalized spacial score (nSPS) is 17.7. The highest BCUT2D eigenvalue weighted by Gasteiger charge is 2.32. The number of benzene rings is 1. The van der Waals surface area contributed by atoms with Crippen molar-refractivity contribution in [1.29, 1.82) is 0 Å². The maximum Gasteiger partial charge on any atom is 0.207 e. The molecule has 9 nitrogen and oxygen atoms in total. The molecule has 2 N–H and O–H groups in total. The van der Waals surface area contributed by atoms with Crippen LogP contribution in [0.3, 0.4) is 0 Å². The molecule has 1 fully saturated rings. The number of hydrogen-bond acceptors (Lipinski definition) is 8. The number of carbonyl (C=O) groups excluding carboxylic acids is 1. The number of anilines is 1. The summed E-state index contributed by atoms with van der Waals surface area (Å²) in [5, 5.41) is 20.1. The van der Waals surface area contributed by atoms with Crippen LogP contribution < -0.4 is 15.0 Å². The quantitative estimate of drug-likeness (QED) is 0.526. The minimum absolute atomic E-state index is 0.0922. The highest BCUT2D eigenvalue weighted by atomic mass is 16.5. The van der Waals surface area contributed by atoms with Gasteiger partial charge in [0.2, 0.25) is 5.95 Å². The fourth-order valence-electron chi connectivity index (χ4n) is 3.83. The molecule has 1 saturated heterocycles. The van der Waals surface area contributed by atoms with Gasteiger partial charge in [0, 0.05) is 26.2 Å². The van der Waals surface area contributed by atoms with Crippen molar-refractivity contribution < 1.29 is 14.6 Å². The minimum Gasteiger partial charge on any atom is -0.496 e. The highest BCUT2D eigenvalue weighted by Crippen LogP contribution is 2.30. The van der Waals surface area contributed by atoms with E-state index in [1.54, 1.807) is 37.4 Å². The SMILES string of the molecule is CC#CCn1c(N2CCNCC2)nc2c1C(O)N(CC(=O)c1ccccc1OC)N=C2. The number of carbonyl (C=O) groups is 1. The van der Waals surface area contributed by atoms with E-state index in [1.165, 1.54) is 12.1 Å². The zero-order valence-electron chi connectivity index (χ0n) is 17.7. The Kier molecular flexibility index (Phi) is 6.21. The van der Waals surface area contributed by atoms with Crippen molar-refractivity contribution in [3.63, 3.8) is 0 Å². The molecule has 2 aliphatic rings. The summed E-state index contributed by atoms with van der Waals surface area (Å²) in [5.41, 5.74) is 1.64. The van der Waals surface area contributed by atoms with E-state index < -0.39 is 6.23 Å². The maximum absolute atomic E-state index is 12.9. The largest absolute Gasteiger partial charge is 0.496 e. The summed E-state index contributed by atoms with van der Waals surface area (Å²) in [6, 6.07) is 7.03. The molecule has 4 rings (SSSR count). The Morgan fingerprint density at radius 2 is 2.10 bits per heavy atom. The number of aliphatic hydroxyl groups is 1. The summed E-state index contributed by atoms with van der Waals surface area (Å²) in [4.78, 5) is 19.8. The maximum atomic E-state index is 12.9. The van der Waals surface area contributed by atoms with Gasteiger partial charge in [-0.15, -0.1) is 5.92 Å². The van der Waals surface area contributed by atoms with Crippen molar-refractivity contribution in [3.8, 4) is 17.6 Å². The van der Waals surface area contributed by atoms with Crippen molar-refractivity contribution in [3.05, 3.63) is 41.2 Å². The first-order valence-electron chi connectivity index (χ1n) is 10.2. The predicted octanol–water partition coefficient (Wildman–Crippen LogP) is 0.848. The highest BCUT2D eigenvalue weighted by molar-refractivity contribution is 6.00. The Balaban J connectivity index is 1.62. The molecule has 0 radical (unpaired) electrons. The topological polar surface area (TPSA) is 95.2 Å². The van der Waals surface area contributed by atoms with Gasteiger partial charge in [0.25, 0.3) is 0 Å². The fraction of sp³-hybridized carbons (Fsp3) is 0.409. The van der Waals surface area contributed by atoms with E-state index in [0.29, 0.717) is 29.2 Å².